The van der Waals surface area contributed by atoms with Gasteiger partial charge in [-0.1, -0.05) is 20.3 Å². The number of hydrogen-bond donors (Lipinski definition) is 0. The molecular formula is C19H35N2O3P. The second-order valence-corrected chi connectivity index (χ2v) is 8.67. The number of nitrogens with zero attached hydrogens (tertiary/aromatic N) is 2. The molecule has 0 aromatic heterocycles. The maximum absolute atomic E-state index is 12.2. The maximum Gasteiger partial charge on any atom is 0.259 e. The molecule has 0 saturated heterocycles. The molecule has 0 spiro atoms. The summed E-state index contributed by atoms with van der Waals surface area (Å²) in [5.41, 5.74) is 0. The Bertz CT molecular complexity index is 442. The van der Waals surface area contributed by atoms with Crippen molar-refractivity contribution in [2.45, 2.75) is 91.8 Å². The first kappa shape index (κ1) is 22.5. The van der Waals surface area contributed by atoms with Crippen molar-refractivity contribution in [2.75, 3.05) is 6.61 Å². The Balaban J connectivity index is 2.88. The van der Waals surface area contributed by atoms with E-state index in [1.807, 2.05) is 6.92 Å². The molecule has 0 aromatic rings. The van der Waals surface area contributed by atoms with Crippen LogP contribution in [0.3, 0.4) is 0 Å². The average Bonchev–Trinajstić information content (AvgIpc) is 2.96. The van der Waals surface area contributed by atoms with Gasteiger partial charge in [0.05, 0.1) is 25.2 Å². The summed E-state index contributed by atoms with van der Waals surface area (Å²) in [5.74, 6) is 0.762. The lowest BCUT2D eigenvalue weighted by atomic mass is 9.88. The van der Waals surface area contributed by atoms with Crippen molar-refractivity contribution in [2.24, 2.45) is 11.8 Å². The van der Waals surface area contributed by atoms with E-state index < -0.39 is 8.53 Å². The van der Waals surface area contributed by atoms with Crippen LogP contribution in [0.5, 0.6) is 0 Å². The van der Waals surface area contributed by atoms with E-state index >= 15 is 0 Å². The van der Waals surface area contributed by atoms with E-state index in [4.69, 9.17) is 14.3 Å². The number of ketones is 1. The van der Waals surface area contributed by atoms with Crippen LogP contribution >= 0.6 is 8.53 Å². The minimum Gasteiger partial charge on any atom is -0.321 e. The minimum atomic E-state index is -1.23. The molecule has 5 nitrogen and oxygen atoms in total. The van der Waals surface area contributed by atoms with Gasteiger partial charge < -0.3 is 9.05 Å². The van der Waals surface area contributed by atoms with Crippen LogP contribution in [-0.2, 0) is 13.8 Å². The number of nitriles is 1. The van der Waals surface area contributed by atoms with Gasteiger partial charge in [-0.2, -0.15) is 5.26 Å². The largest absolute Gasteiger partial charge is 0.321 e. The molecule has 144 valence electrons. The summed E-state index contributed by atoms with van der Waals surface area (Å²) < 4.78 is 14.7. The van der Waals surface area contributed by atoms with Gasteiger partial charge in [-0.05, 0) is 46.5 Å². The predicted molar refractivity (Wildman–Crippen MR) is 102 cm³/mol. The smallest absolute Gasteiger partial charge is 0.259 e. The second-order valence-electron chi connectivity index (χ2n) is 7.27. The summed E-state index contributed by atoms with van der Waals surface area (Å²) in [6.45, 7) is 13.0. The minimum absolute atomic E-state index is 0.0682. The highest BCUT2D eigenvalue weighted by Crippen LogP contribution is 2.51. The topological polar surface area (TPSA) is 62.6 Å². The van der Waals surface area contributed by atoms with Gasteiger partial charge in [0.1, 0.15) is 5.78 Å². The predicted octanol–water partition coefficient (Wildman–Crippen LogP) is 5.06. The highest BCUT2D eigenvalue weighted by atomic mass is 31.2. The van der Waals surface area contributed by atoms with Crippen LogP contribution in [0, 0.1) is 23.2 Å². The third-order valence-electron chi connectivity index (χ3n) is 4.88. The molecule has 6 heteroatoms. The molecule has 0 heterocycles. The Morgan fingerprint density at radius 2 is 1.88 bits per heavy atom. The molecule has 1 saturated carbocycles. The van der Waals surface area contributed by atoms with Gasteiger partial charge in [-0.15, -0.1) is 0 Å². The Morgan fingerprint density at radius 1 is 1.24 bits per heavy atom. The maximum atomic E-state index is 12.2. The van der Waals surface area contributed by atoms with Crippen molar-refractivity contribution < 1.29 is 13.8 Å². The van der Waals surface area contributed by atoms with E-state index in [1.165, 1.54) is 0 Å². The van der Waals surface area contributed by atoms with Crippen LogP contribution in [0.2, 0.25) is 0 Å². The number of carbonyl (C=O) groups is 1. The molecule has 0 radical (unpaired) electrons. The molecule has 0 amide bonds. The quantitative estimate of drug-likeness (QED) is 0.376. The fourth-order valence-electron chi connectivity index (χ4n) is 3.78. The van der Waals surface area contributed by atoms with Crippen molar-refractivity contribution in [1.82, 2.24) is 4.67 Å². The van der Waals surface area contributed by atoms with Crippen molar-refractivity contribution in [1.29, 1.82) is 5.26 Å². The second kappa shape index (κ2) is 11.2. The zero-order valence-electron chi connectivity index (χ0n) is 16.7. The van der Waals surface area contributed by atoms with E-state index in [-0.39, 0.29) is 17.9 Å². The average molecular weight is 370 g/mol. The summed E-state index contributed by atoms with van der Waals surface area (Å²) in [7, 11) is -1.23. The zero-order chi connectivity index (χ0) is 19.0. The first-order valence-corrected chi connectivity index (χ1v) is 10.8. The molecule has 0 aromatic carbocycles. The van der Waals surface area contributed by atoms with E-state index in [0.29, 0.717) is 37.3 Å². The first-order chi connectivity index (χ1) is 11.9. The van der Waals surface area contributed by atoms with E-state index in [0.717, 1.165) is 19.3 Å². The highest BCUT2D eigenvalue weighted by molar-refractivity contribution is 7.44. The fraction of sp³-hybridized carbons (Fsp3) is 0.895. The van der Waals surface area contributed by atoms with Gasteiger partial charge in [-0.3, -0.25) is 4.79 Å². The SMILES string of the molecule is CCC(=O)C1CC[C@@H](OP(OCCC#N)N(C(C)C)C(C)C)[C@@H]1CC. The third-order valence-corrected chi connectivity index (χ3v) is 7.03. The molecule has 25 heavy (non-hydrogen) atoms. The van der Waals surface area contributed by atoms with E-state index in [9.17, 15) is 4.79 Å². The highest BCUT2D eigenvalue weighted by Gasteiger charge is 2.41. The molecule has 1 fully saturated rings. The van der Waals surface area contributed by atoms with Gasteiger partial charge in [0.2, 0.25) is 0 Å². The van der Waals surface area contributed by atoms with E-state index in [1.54, 1.807) is 0 Å². The molecule has 1 rings (SSSR count). The zero-order valence-corrected chi connectivity index (χ0v) is 17.6. The summed E-state index contributed by atoms with van der Waals surface area (Å²) >= 11 is 0. The molecular weight excluding hydrogens is 335 g/mol. The number of hydrogen-bond acceptors (Lipinski definition) is 5. The third kappa shape index (κ3) is 6.29. The fourth-order valence-corrected chi connectivity index (χ4v) is 5.58. The normalized spacial score (nSPS) is 24.9. The standard InChI is InChI=1S/C19H35N2O3P/c1-7-16-17(18(22)8-2)10-11-19(16)24-25(23-13-9-12-20)21(14(3)4)15(5)6/h14-17,19H,7-11,13H2,1-6H3/t16-,17?,19-,25?/m1/s1. The van der Waals surface area contributed by atoms with Gasteiger partial charge in [-0.25, -0.2) is 4.67 Å². The molecule has 1 aliphatic carbocycles. The lowest BCUT2D eigenvalue weighted by Gasteiger charge is -2.38. The van der Waals surface area contributed by atoms with Crippen LogP contribution in [0.4, 0.5) is 0 Å². The Kier molecular flexibility index (Phi) is 10.1. The van der Waals surface area contributed by atoms with Crippen LogP contribution in [0.1, 0.15) is 73.6 Å². The molecule has 0 N–H and O–H groups in total. The monoisotopic (exact) mass is 370 g/mol. The van der Waals surface area contributed by atoms with Crippen molar-refractivity contribution >= 4 is 14.3 Å². The Morgan fingerprint density at radius 3 is 2.36 bits per heavy atom. The molecule has 4 atom stereocenters. The van der Waals surface area contributed by atoms with Crippen LogP contribution < -0.4 is 0 Å². The van der Waals surface area contributed by atoms with Crippen molar-refractivity contribution in [3.05, 3.63) is 0 Å². The van der Waals surface area contributed by atoms with Crippen LogP contribution in [0.25, 0.3) is 0 Å². The van der Waals surface area contributed by atoms with Gasteiger partial charge in [0.25, 0.3) is 8.53 Å². The molecule has 0 aliphatic heterocycles. The summed E-state index contributed by atoms with van der Waals surface area (Å²) in [4.78, 5) is 12.2. The van der Waals surface area contributed by atoms with Crippen LogP contribution in [0.15, 0.2) is 0 Å². The lowest BCUT2D eigenvalue weighted by Crippen LogP contribution is -2.35. The lowest BCUT2D eigenvalue weighted by molar-refractivity contribution is -0.124. The van der Waals surface area contributed by atoms with E-state index in [2.05, 4.69) is 45.4 Å². The van der Waals surface area contributed by atoms with Gasteiger partial charge >= 0.3 is 0 Å². The number of Topliss-reactive ketones (excluding diaryl/α,β-unsaturated/α-hetero) is 1. The van der Waals surface area contributed by atoms with Crippen molar-refractivity contribution in [3.63, 3.8) is 0 Å². The van der Waals surface area contributed by atoms with Crippen LogP contribution in [-0.4, -0.2) is 35.2 Å². The number of rotatable bonds is 11. The summed E-state index contributed by atoms with van der Waals surface area (Å²) in [6, 6.07) is 2.72. The Labute approximate surface area is 155 Å². The molecule has 2 unspecified atom stereocenters. The van der Waals surface area contributed by atoms with Crippen molar-refractivity contribution in [3.8, 4) is 6.07 Å². The number of carbonyl (C=O) groups excluding carboxylic acids is 1. The molecule has 1 aliphatic rings. The summed E-state index contributed by atoms with van der Waals surface area (Å²) in [6.07, 6.45) is 3.82. The Hall–Kier alpha value is -0.530. The first-order valence-electron chi connectivity index (χ1n) is 9.64. The van der Waals surface area contributed by atoms with Gasteiger partial charge in [0.15, 0.2) is 0 Å². The molecule has 0 bridgehead atoms. The van der Waals surface area contributed by atoms with Gasteiger partial charge in [0, 0.05) is 24.4 Å². The summed E-state index contributed by atoms with van der Waals surface area (Å²) in [5, 5.41) is 8.81.